The lowest BCUT2D eigenvalue weighted by Crippen LogP contribution is -2.13. The zero-order chi connectivity index (χ0) is 12.5. The minimum atomic E-state index is -0.492. The summed E-state index contributed by atoms with van der Waals surface area (Å²) < 4.78 is 5.54. The van der Waals surface area contributed by atoms with Gasteiger partial charge in [-0.05, 0) is 18.7 Å². The highest BCUT2D eigenvalue weighted by Gasteiger charge is 2.30. The van der Waals surface area contributed by atoms with Crippen molar-refractivity contribution in [1.82, 2.24) is 4.98 Å². The largest absolute Gasteiger partial charge is 0.388 e. The van der Waals surface area contributed by atoms with Crippen molar-refractivity contribution in [3.8, 4) is 0 Å². The molecule has 3 unspecified atom stereocenters. The number of hydrogen-bond donors (Lipinski definition) is 1. The van der Waals surface area contributed by atoms with Gasteiger partial charge in [-0.2, -0.15) is 0 Å². The van der Waals surface area contributed by atoms with E-state index in [-0.39, 0.29) is 12.0 Å². The Morgan fingerprint density at radius 2 is 2.17 bits per heavy atom. The molecule has 0 radical (unpaired) electrons. The standard InChI is InChI=1S/C15H17NO2/c1-10-6-12(9-18-10)15(17)14-8-16-7-11-4-2-3-5-13(11)14/h2-5,7-8,10,12,15,17H,6,9H2,1H3. The SMILES string of the molecule is CC1CC(C(O)c2cncc3ccccc23)CO1. The molecular formula is C15H17NO2. The van der Waals surface area contributed by atoms with E-state index in [0.29, 0.717) is 6.61 Å². The smallest absolute Gasteiger partial charge is 0.0862 e. The Balaban J connectivity index is 1.98. The lowest BCUT2D eigenvalue weighted by molar-refractivity contribution is 0.0810. The van der Waals surface area contributed by atoms with Crippen molar-refractivity contribution in [2.45, 2.75) is 25.6 Å². The van der Waals surface area contributed by atoms with Crippen molar-refractivity contribution in [2.75, 3.05) is 6.61 Å². The third-order valence-corrected chi connectivity index (χ3v) is 3.69. The highest BCUT2D eigenvalue weighted by atomic mass is 16.5. The Morgan fingerprint density at radius 1 is 1.33 bits per heavy atom. The Hall–Kier alpha value is -1.45. The van der Waals surface area contributed by atoms with Crippen LogP contribution in [-0.2, 0) is 4.74 Å². The van der Waals surface area contributed by atoms with Crippen LogP contribution in [0.4, 0.5) is 0 Å². The van der Waals surface area contributed by atoms with Crippen LogP contribution in [0.3, 0.4) is 0 Å². The van der Waals surface area contributed by atoms with E-state index in [2.05, 4.69) is 4.98 Å². The van der Waals surface area contributed by atoms with Crippen LogP contribution in [0.25, 0.3) is 10.8 Å². The van der Waals surface area contributed by atoms with Crippen LogP contribution >= 0.6 is 0 Å². The number of pyridine rings is 1. The molecule has 0 spiro atoms. The van der Waals surface area contributed by atoms with Gasteiger partial charge in [-0.3, -0.25) is 4.98 Å². The summed E-state index contributed by atoms with van der Waals surface area (Å²) in [6, 6.07) is 8.04. The van der Waals surface area contributed by atoms with Gasteiger partial charge in [-0.1, -0.05) is 24.3 Å². The van der Waals surface area contributed by atoms with E-state index in [1.165, 1.54) is 0 Å². The molecule has 2 aromatic rings. The molecule has 1 N–H and O–H groups in total. The van der Waals surface area contributed by atoms with Gasteiger partial charge in [-0.15, -0.1) is 0 Å². The molecular weight excluding hydrogens is 226 g/mol. The third-order valence-electron chi connectivity index (χ3n) is 3.69. The number of nitrogens with zero attached hydrogens (tertiary/aromatic N) is 1. The molecule has 0 amide bonds. The van der Waals surface area contributed by atoms with E-state index in [1.807, 2.05) is 37.4 Å². The van der Waals surface area contributed by atoms with E-state index < -0.39 is 6.10 Å². The maximum Gasteiger partial charge on any atom is 0.0862 e. The minimum Gasteiger partial charge on any atom is -0.388 e. The van der Waals surface area contributed by atoms with Gasteiger partial charge < -0.3 is 9.84 Å². The van der Waals surface area contributed by atoms with Gasteiger partial charge in [0, 0.05) is 29.3 Å². The fraction of sp³-hybridized carbons (Fsp3) is 0.400. The van der Waals surface area contributed by atoms with Crippen molar-refractivity contribution >= 4 is 10.8 Å². The fourth-order valence-corrected chi connectivity index (χ4v) is 2.70. The van der Waals surface area contributed by atoms with Crippen LogP contribution in [-0.4, -0.2) is 22.8 Å². The molecule has 3 nitrogen and oxygen atoms in total. The topological polar surface area (TPSA) is 42.4 Å². The molecule has 0 aliphatic carbocycles. The number of aliphatic hydroxyl groups is 1. The predicted molar refractivity (Wildman–Crippen MR) is 70.2 cm³/mol. The Kier molecular flexibility index (Phi) is 3.02. The summed E-state index contributed by atoms with van der Waals surface area (Å²) in [5.41, 5.74) is 0.913. The Bertz CT molecular complexity index is 550. The lowest BCUT2D eigenvalue weighted by atomic mass is 9.92. The zero-order valence-corrected chi connectivity index (χ0v) is 10.4. The van der Waals surface area contributed by atoms with E-state index >= 15 is 0 Å². The number of aromatic nitrogens is 1. The molecule has 1 aliphatic rings. The second kappa shape index (κ2) is 4.67. The maximum absolute atomic E-state index is 10.5. The first-order chi connectivity index (χ1) is 8.75. The van der Waals surface area contributed by atoms with Gasteiger partial charge >= 0.3 is 0 Å². The van der Waals surface area contributed by atoms with E-state index in [9.17, 15) is 5.11 Å². The number of aliphatic hydroxyl groups excluding tert-OH is 1. The van der Waals surface area contributed by atoms with Crippen molar-refractivity contribution < 1.29 is 9.84 Å². The molecule has 1 aliphatic heterocycles. The summed E-state index contributed by atoms with van der Waals surface area (Å²) in [6.45, 7) is 2.68. The van der Waals surface area contributed by atoms with Crippen molar-refractivity contribution in [3.05, 3.63) is 42.2 Å². The quantitative estimate of drug-likeness (QED) is 0.881. The average molecular weight is 243 g/mol. The molecule has 0 saturated carbocycles. The van der Waals surface area contributed by atoms with Gasteiger partial charge in [0.05, 0.1) is 18.8 Å². The molecule has 0 bridgehead atoms. The van der Waals surface area contributed by atoms with E-state index in [1.54, 1.807) is 6.20 Å². The summed E-state index contributed by atoms with van der Waals surface area (Å²) in [4.78, 5) is 4.22. The maximum atomic E-state index is 10.5. The van der Waals surface area contributed by atoms with Gasteiger partial charge in [0.15, 0.2) is 0 Å². The number of fused-ring (bicyclic) bond motifs is 1. The number of benzene rings is 1. The third kappa shape index (κ3) is 2.00. The van der Waals surface area contributed by atoms with Gasteiger partial charge in [0.2, 0.25) is 0 Å². The molecule has 3 atom stereocenters. The minimum absolute atomic E-state index is 0.174. The molecule has 1 saturated heterocycles. The molecule has 94 valence electrons. The molecule has 18 heavy (non-hydrogen) atoms. The van der Waals surface area contributed by atoms with Gasteiger partial charge in [0.1, 0.15) is 0 Å². The highest BCUT2D eigenvalue weighted by Crippen LogP contribution is 2.34. The molecule has 1 fully saturated rings. The summed E-state index contributed by atoms with van der Waals surface area (Å²) in [6.07, 6.45) is 4.26. The van der Waals surface area contributed by atoms with Crippen LogP contribution in [0.2, 0.25) is 0 Å². The normalized spacial score (nSPS) is 25.4. The van der Waals surface area contributed by atoms with Crippen molar-refractivity contribution in [3.63, 3.8) is 0 Å². The number of hydrogen-bond acceptors (Lipinski definition) is 3. The van der Waals surface area contributed by atoms with Crippen LogP contribution in [0.15, 0.2) is 36.7 Å². The second-order valence-electron chi connectivity index (χ2n) is 5.03. The summed E-state index contributed by atoms with van der Waals surface area (Å²) in [5, 5.41) is 12.7. The lowest BCUT2D eigenvalue weighted by Gasteiger charge is -2.18. The van der Waals surface area contributed by atoms with E-state index in [0.717, 1.165) is 22.8 Å². The molecule has 3 heteroatoms. The fourth-order valence-electron chi connectivity index (χ4n) is 2.70. The molecule has 1 aromatic carbocycles. The van der Waals surface area contributed by atoms with Crippen LogP contribution in [0.5, 0.6) is 0 Å². The monoisotopic (exact) mass is 243 g/mol. The number of rotatable bonds is 2. The Labute approximate surface area is 106 Å². The molecule has 3 rings (SSSR count). The molecule has 2 heterocycles. The highest BCUT2D eigenvalue weighted by molar-refractivity contribution is 5.84. The van der Waals surface area contributed by atoms with Crippen molar-refractivity contribution in [2.24, 2.45) is 5.92 Å². The summed E-state index contributed by atoms with van der Waals surface area (Å²) in [5.74, 6) is 0.174. The first-order valence-electron chi connectivity index (χ1n) is 6.38. The van der Waals surface area contributed by atoms with Crippen molar-refractivity contribution in [1.29, 1.82) is 0 Å². The van der Waals surface area contributed by atoms with Crippen LogP contribution in [0, 0.1) is 5.92 Å². The van der Waals surface area contributed by atoms with E-state index in [4.69, 9.17) is 4.74 Å². The summed E-state index contributed by atoms with van der Waals surface area (Å²) >= 11 is 0. The Morgan fingerprint density at radius 3 is 2.94 bits per heavy atom. The first kappa shape index (κ1) is 11.6. The average Bonchev–Trinajstić information content (AvgIpc) is 2.84. The van der Waals surface area contributed by atoms with Crippen LogP contribution in [0.1, 0.15) is 25.0 Å². The van der Waals surface area contributed by atoms with Gasteiger partial charge in [-0.25, -0.2) is 0 Å². The number of ether oxygens (including phenoxy) is 1. The zero-order valence-electron chi connectivity index (χ0n) is 10.4. The van der Waals surface area contributed by atoms with Crippen LogP contribution < -0.4 is 0 Å². The second-order valence-corrected chi connectivity index (χ2v) is 5.03. The van der Waals surface area contributed by atoms with Gasteiger partial charge in [0.25, 0.3) is 0 Å². The predicted octanol–water partition coefficient (Wildman–Crippen LogP) is 2.69. The summed E-state index contributed by atoms with van der Waals surface area (Å²) in [7, 11) is 0. The molecule has 1 aromatic heterocycles. The first-order valence-corrected chi connectivity index (χ1v) is 6.38.